The zero-order chi connectivity index (χ0) is 17.6. The summed E-state index contributed by atoms with van der Waals surface area (Å²) in [5.41, 5.74) is 8.16. The SMILES string of the molecule is CCOC(=O)C(=[N+]=[N-])C(=O)[C@@H]1CC[C@@]2(C)CC3(C[C@@]12C)OCCO3. The molecule has 1 aliphatic heterocycles. The van der Waals surface area contributed by atoms with Crippen LogP contribution in [0.5, 0.6) is 0 Å². The summed E-state index contributed by atoms with van der Waals surface area (Å²) in [6.07, 6.45) is 2.84. The molecule has 1 heterocycles. The molecule has 0 N–H and O–H groups in total. The van der Waals surface area contributed by atoms with Crippen LogP contribution < -0.4 is 0 Å². The van der Waals surface area contributed by atoms with Crippen molar-refractivity contribution in [2.24, 2.45) is 16.7 Å². The Kier molecular flexibility index (Phi) is 4.14. The molecule has 0 unspecified atom stereocenters. The van der Waals surface area contributed by atoms with Crippen molar-refractivity contribution >= 4 is 17.5 Å². The van der Waals surface area contributed by atoms with Gasteiger partial charge in [0.25, 0.3) is 5.78 Å². The first-order valence-corrected chi connectivity index (χ1v) is 8.52. The van der Waals surface area contributed by atoms with Crippen LogP contribution >= 0.6 is 0 Å². The van der Waals surface area contributed by atoms with Crippen LogP contribution in [0.15, 0.2) is 0 Å². The first-order valence-electron chi connectivity index (χ1n) is 8.52. The number of esters is 1. The zero-order valence-corrected chi connectivity index (χ0v) is 14.5. The topological polar surface area (TPSA) is 98.2 Å². The van der Waals surface area contributed by atoms with Crippen LogP contribution in [0.2, 0.25) is 0 Å². The second kappa shape index (κ2) is 5.76. The molecule has 2 aliphatic carbocycles. The Labute approximate surface area is 141 Å². The standard InChI is InChI=1S/C17H24N2O5/c1-4-22-14(21)12(19-18)13(20)11-5-6-15(2)9-17(10-16(11,15)3)23-7-8-24-17/h11H,4-10H2,1-3H3/t11-,15-,16-/m0/s1. The highest BCUT2D eigenvalue weighted by atomic mass is 16.7. The van der Waals surface area contributed by atoms with Gasteiger partial charge in [0.1, 0.15) is 0 Å². The molecule has 3 fully saturated rings. The third-order valence-corrected chi connectivity index (χ3v) is 6.36. The molecule has 1 saturated heterocycles. The predicted molar refractivity (Wildman–Crippen MR) is 83.1 cm³/mol. The number of hydrogen-bond acceptors (Lipinski definition) is 5. The molecule has 2 saturated carbocycles. The van der Waals surface area contributed by atoms with Crippen molar-refractivity contribution < 1.29 is 28.6 Å². The summed E-state index contributed by atoms with van der Waals surface area (Å²) in [6, 6.07) is 0. The van der Waals surface area contributed by atoms with E-state index in [1.54, 1.807) is 6.92 Å². The number of hydrogen-bond donors (Lipinski definition) is 0. The van der Waals surface area contributed by atoms with Crippen molar-refractivity contribution in [3.63, 3.8) is 0 Å². The quantitative estimate of drug-likeness (QED) is 0.256. The van der Waals surface area contributed by atoms with Crippen molar-refractivity contribution in [3.8, 4) is 0 Å². The third-order valence-electron chi connectivity index (χ3n) is 6.36. The summed E-state index contributed by atoms with van der Waals surface area (Å²) >= 11 is 0. The Bertz CT molecular complexity index is 620. The second-order valence-electron chi connectivity index (χ2n) is 7.56. The van der Waals surface area contributed by atoms with Gasteiger partial charge in [0.15, 0.2) is 5.79 Å². The number of rotatable bonds is 4. The van der Waals surface area contributed by atoms with Gasteiger partial charge in [-0.15, -0.1) is 0 Å². The normalized spacial score (nSPS) is 36.4. The minimum atomic E-state index is -0.872. The van der Waals surface area contributed by atoms with Crippen molar-refractivity contribution in [2.45, 2.75) is 52.2 Å². The lowest BCUT2D eigenvalue weighted by Crippen LogP contribution is -2.41. The maximum atomic E-state index is 12.9. The third kappa shape index (κ3) is 2.34. The van der Waals surface area contributed by atoms with Crippen molar-refractivity contribution in [1.82, 2.24) is 0 Å². The molecule has 132 valence electrons. The van der Waals surface area contributed by atoms with Gasteiger partial charge in [-0.1, -0.05) is 13.8 Å². The van der Waals surface area contributed by atoms with Gasteiger partial charge in [0, 0.05) is 18.8 Å². The Morgan fingerprint density at radius 2 is 1.92 bits per heavy atom. The van der Waals surface area contributed by atoms with E-state index < -0.39 is 29.2 Å². The van der Waals surface area contributed by atoms with E-state index >= 15 is 0 Å². The van der Waals surface area contributed by atoms with Crippen LogP contribution in [-0.4, -0.2) is 47.9 Å². The molecule has 24 heavy (non-hydrogen) atoms. The van der Waals surface area contributed by atoms with Crippen molar-refractivity contribution in [3.05, 3.63) is 5.53 Å². The smallest absolute Gasteiger partial charge is 0.441 e. The number of carbonyl (C=O) groups excluding carboxylic acids is 2. The minimum Gasteiger partial charge on any atom is -0.457 e. The molecule has 7 nitrogen and oxygen atoms in total. The lowest BCUT2D eigenvalue weighted by atomic mass is 9.65. The number of Topliss-reactive ketones (excluding diaryl/α,β-unsaturated/α-hetero) is 1. The van der Waals surface area contributed by atoms with Gasteiger partial charge >= 0.3 is 11.7 Å². The van der Waals surface area contributed by atoms with E-state index in [2.05, 4.69) is 18.6 Å². The van der Waals surface area contributed by atoms with Crippen LogP contribution in [0.25, 0.3) is 5.53 Å². The summed E-state index contributed by atoms with van der Waals surface area (Å²) in [6.45, 7) is 7.10. The molecule has 7 heteroatoms. The monoisotopic (exact) mass is 336 g/mol. The van der Waals surface area contributed by atoms with E-state index in [1.165, 1.54) is 0 Å². The van der Waals surface area contributed by atoms with E-state index in [1.807, 2.05) is 0 Å². The summed E-state index contributed by atoms with van der Waals surface area (Å²) in [4.78, 5) is 27.8. The number of carbonyl (C=O) groups is 2. The molecule has 0 aromatic carbocycles. The van der Waals surface area contributed by atoms with E-state index in [0.717, 1.165) is 12.8 Å². The molecule has 0 bridgehead atoms. The zero-order valence-electron chi connectivity index (χ0n) is 14.5. The lowest BCUT2D eigenvalue weighted by Gasteiger charge is -2.36. The van der Waals surface area contributed by atoms with Gasteiger partial charge in [0.05, 0.1) is 19.8 Å². The molecule has 3 aliphatic rings. The minimum absolute atomic E-state index is 0.118. The van der Waals surface area contributed by atoms with Crippen LogP contribution in [0, 0.1) is 16.7 Å². The van der Waals surface area contributed by atoms with Gasteiger partial charge in [-0.3, -0.25) is 4.79 Å². The maximum absolute atomic E-state index is 12.9. The summed E-state index contributed by atoms with van der Waals surface area (Å²) in [5, 5.41) is 0. The van der Waals surface area contributed by atoms with Gasteiger partial charge in [-0.05, 0) is 30.6 Å². The van der Waals surface area contributed by atoms with Crippen molar-refractivity contribution in [2.75, 3.05) is 19.8 Å². The number of ether oxygens (including phenoxy) is 3. The molecular formula is C17H24N2O5. The average molecular weight is 336 g/mol. The van der Waals surface area contributed by atoms with Gasteiger partial charge < -0.3 is 19.7 Å². The van der Waals surface area contributed by atoms with E-state index in [0.29, 0.717) is 26.1 Å². The molecule has 0 aromatic heterocycles. The number of ketones is 1. The first kappa shape index (κ1) is 17.3. The fraction of sp³-hybridized carbons (Fsp3) is 0.824. The van der Waals surface area contributed by atoms with Crippen LogP contribution in [-0.2, 0) is 23.8 Å². The number of fused-ring (bicyclic) bond motifs is 1. The molecule has 3 atom stereocenters. The maximum Gasteiger partial charge on any atom is 0.441 e. The van der Waals surface area contributed by atoms with E-state index in [9.17, 15) is 9.59 Å². The highest BCUT2D eigenvalue weighted by Crippen LogP contribution is 2.69. The Hall–Kier alpha value is -1.56. The molecule has 0 amide bonds. The average Bonchev–Trinajstić information content (AvgIpc) is 3.10. The van der Waals surface area contributed by atoms with Crippen LogP contribution in [0.4, 0.5) is 0 Å². The fourth-order valence-electron chi connectivity index (χ4n) is 5.01. The van der Waals surface area contributed by atoms with Gasteiger partial charge in [-0.25, -0.2) is 4.79 Å². The molecule has 1 spiro atoms. The Morgan fingerprint density at radius 1 is 1.25 bits per heavy atom. The lowest BCUT2D eigenvalue weighted by molar-refractivity contribution is -0.162. The van der Waals surface area contributed by atoms with Gasteiger partial charge in [0.2, 0.25) is 0 Å². The number of nitrogens with zero attached hydrogens (tertiary/aromatic N) is 2. The summed E-state index contributed by atoms with van der Waals surface area (Å²) in [7, 11) is 0. The molecule has 0 radical (unpaired) electrons. The Morgan fingerprint density at radius 3 is 2.50 bits per heavy atom. The van der Waals surface area contributed by atoms with Crippen LogP contribution in [0.1, 0.15) is 46.5 Å². The Balaban J connectivity index is 1.88. The highest BCUT2D eigenvalue weighted by Gasteiger charge is 2.68. The largest absolute Gasteiger partial charge is 0.457 e. The first-order chi connectivity index (χ1) is 11.3. The predicted octanol–water partition coefficient (Wildman–Crippen LogP) is 1.75. The second-order valence-corrected chi connectivity index (χ2v) is 7.56. The fourth-order valence-corrected chi connectivity index (χ4v) is 5.01. The summed E-state index contributed by atoms with van der Waals surface area (Å²) in [5.74, 6) is -2.35. The van der Waals surface area contributed by atoms with E-state index in [-0.39, 0.29) is 17.4 Å². The van der Waals surface area contributed by atoms with E-state index in [4.69, 9.17) is 19.7 Å². The molecule has 0 aromatic rings. The summed E-state index contributed by atoms with van der Waals surface area (Å²) < 4.78 is 16.6. The van der Waals surface area contributed by atoms with Gasteiger partial charge in [-0.2, -0.15) is 4.79 Å². The highest BCUT2D eigenvalue weighted by molar-refractivity contribution is 6.62. The molecule has 3 rings (SSSR count). The van der Waals surface area contributed by atoms with Crippen molar-refractivity contribution in [1.29, 1.82) is 0 Å². The molecular weight excluding hydrogens is 312 g/mol. The van der Waals surface area contributed by atoms with Crippen LogP contribution in [0.3, 0.4) is 0 Å².